The molecule has 0 saturated heterocycles. The molecule has 0 aliphatic rings. The van der Waals surface area contributed by atoms with Gasteiger partial charge < -0.3 is 11.5 Å². The maximum Gasteiger partial charge on any atom is 0.187 e. The van der Waals surface area contributed by atoms with Gasteiger partial charge in [-0.15, -0.1) is 0 Å². The number of pyridine rings is 3. The highest BCUT2D eigenvalue weighted by atomic mass is 19.1. The molecule has 3 heterocycles. The number of halogens is 1. The van der Waals surface area contributed by atoms with Gasteiger partial charge in [0, 0.05) is 36.1 Å². The second-order valence-electron chi connectivity index (χ2n) is 6.72. The van der Waals surface area contributed by atoms with Crippen molar-refractivity contribution >= 4 is 17.3 Å². The largest absolute Gasteiger partial charge is 0.397 e. The SMILES string of the molecule is Nc1ccc(-c2ccncc2CC(=O)c2nc(-c3ccccc3F)ccc2N)cn1. The van der Waals surface area contributed by atoms with E-state index in [0.717, 1.165) is 11.1 Å². The predicted molar refractivity (Wildman–Crippen MR) is 114 cm³/mol. The number of nitrogens with zero attached hydrogens (tertiary/aromatic N) is 3. The van der Waals surface area contributed by atoms with Gasteiger partial charge in [0.2, 0.25) is 0 Å². The number of carbonyl (C=O) groups excluding carboxylic acids is 1. The zero-order chi connectivity index (χ0) is 21.1. The monoisotopic (exact) mass is 399 g/mol. The number of Topliss-reactive ketones (excluding diaryl/α,β-unsaturated/α-hetero) is 1. The van der Waals surface area contributed by atoms with Crippen LogP contribution in [0.3, 0.4) is 0 Å². The molecule has 0 fully saturated rings. The molecule has 0 aliphatic carbocycles. The van der Waals surface area contributed by atoms with E-state index in [4.69, 9.17) is 11.5 Å². The Labute approximate surface area is 172 Å². The van der Waals surface area contributed by atoms with Gasteiger partial charge in [-0.1, -0.05) is 12.1 Å². The zero-order valence-corrected chi connectivity index (χ0v) is 15.9. The van der Waals surface area contributed by atoms with E-state index in [9.17, 15) is 9.18 Å². The molecule has 0 spiro atoms. The van der Waals surface area contributed by atoms with E-state index in [1.807, 2.05) is 12.1 Å². The van der Waals surface area contributed by atoms with E-state index in [1.54, 1.807) is 55.0 Å². The molecule has 30 heavy (non-hydrogen) atoms. The van der Waals surface area contributed by atoms with Crippen LogP contribution in [0, 0.1) is 5.82 Å². The number of nitrogens with two attached hydrogens (primary N) is 2. The quantitative estimate of drug-likeness (QED) is 0.492. The van der Waals surface area contributed by atoms with Gasteiger partial charge in [0.25, 0.3) is 0 Å². The van der Waals surface area contributed by atoms with Crippen LogP contribution in [0.25, 0.3) is 22.4 Å². The number of hydrogen-bond acceptors (Lipinski definition) is 6. The Morgan fingerprint density at radius 3 is 2.53 bits per heavy atom. The molecule has 1 aromatic carbocycles. The second kappa shape index (κ2) is 8.08. The van der Waals surface area contributed by atoms with Crippen LogP contribution in [0.1, 0.15) is 16.1 Å². The Kier molecular flexibility index (Phi) is 5.17. The van der Waals surface area contributed by atoms with Crippen molar-refractivity contribution in [2.24, 2.45) is 0 Å². The van der Waals surface area contributed by atoms with Crippen LogP contribution in [0.4, 0.5) is 15.9 Å². The average Bonchev–Trinajstić information content (AvgIpc) is 2.76. The van der Waals surface area contributed by atoms with Crippen LogP contribution in [-0.4, -0.2) is 20.7 Å². The van der Waals surface area contributed by atoms with E-state index < -0.39 is 5.82 Å². The standard InChI is InChI=1S/C23H18FN5O/c24-18-4-2-1-3-17(18)20-7-6-19(25)23(29-20)21(30)11-15-12-27-10-9-16(15)14-5-8-22(26)28-13-14/h1-10,12-13H,11,25H2,(H2,26,28). The molecule has 4 rings (SSSR count). The molecule has 3 aromatic heterocycles. The highest BCUT2D eigenvalue weighted by molar-refractivity contribution is 6.01. The molecule has 0 atom stereocenters. The molecular formula is C23H18FN5O. The van der Waals surface area contributed by atoms with Crippen molar-refractivity contribution < 1.29 is 9.18 Å². The number of hydrogen-bond donors (Lipinski definition) is 2. The fraction of sp³-hybridized carbons (Fsp3) is 0.0435. The van der Waals surface area contributed by atoms with Gasteiger partial charge in [-0.3, -0.25) is 9.78 Å². The van der Waals surface area contributed by atoms with Gasteiger partial charge in [0.15, 0.2) is 5.78 Å². The van der Waals surface area contributed by atoms with Crippen molar-refractivity contribution in [2.45, 2.75) is 6.42 Å². The van der Waals surface area contributed by atoms with Gasteiger partial charge in [-0.05, 0) is 53.6 Å². The molecule has 0 unspecified atom stereocenters. The Morgan fingerprint density at radius 1 is 0.933 bits per heavy atom. The first-order valence-electron chi connectivity index (χ1n) is 9.22. The van der Waals surface area contributed by atoms with Crippen molar-refractivity contribution in [3.63, 3.8) is 0 Å². The number of rotatable bonds is 5. The molecule has 7 heteroatoms. The maximum absolute atomic E-state index is 14.1. The number of anilines is 2. The zero-order valence-electron chi connectivity index (χ0n) is 15.9. The lowest BCUT2D eigenvalue weighted by Crippen LogP contribution is -2.11. The number of benzene rings is 1. The van der Waals surface area contributed by atoms with Gasteiger partial charge in [0.05, 0.1) is 11.4 Å². The first kappa shape index (κ1) is 19.2. The minimum atomic E-state index is -0.418. The summed E-state index contributed by atoms with van der Waals surface area (Å²) in [5, 5.41) is 0. The molecule has 0 bridgehead atoms. The van der Waals surface area contributed by atoms with Crippen molar-refractivity contribution in [1.82, 2.24) is 15.0 Å². The molecule has 6 nitrogen and oxygen atoms in total. The van der Waals surface area contributed by atoms with E-state index in [0.29, 0.717) is 22.6 Å². The van der Waals surface area contributed by atoms with Gasteiger partial charge in [-0.2, -0.15) is 0 Å². The lowest BCUT2D eigenvalue weighted by molar-refractivity contribution is 0.0989. The number of ketones is 1. The minimum Gasteiger partial charge on any atom is -0.397 e. The second-order valence-corrected chi connectivity index (χ2v) is 6.72. The molecule has 4 aromatic rings. The van der Waals surface area contributed by atoms with Gasteiger partial charge >= 0.3 is 0 Å². The third-order valence-corrected chi connectivity index (χ3v) is 4.69. The number of aromatic nitrogens is 3. The molecule has 0 radical (unpaired) electrons. The molecule has 4 N–H and O–H groups in total. The summed E-state index contributed by atoms with van der Waals surface area (Å²) in [5.74, 6) is -0.297. The molecular weight excluding hydrogens is 381 g/mol. The molecule has 148 valence electrons. The van der Waals surface area contributed by atoms with Crippen LogP contribution < -0.4 is 11.5 Å². The normalized spacial score (nSPS) is 10.7. The highest BCUT2D eigenvalue weighted by Crippen LogP contribution is 2.26. The van der Waals surface area contributed by atoms with Crippen LogP contribution in [0.5, 0.6) is 0 Å². The Hall–Kier alpha value is -4.13. The Morgan fingerprint density at radius 2 is 1.77 bits per heavy atom. The maximum atomic E-state index is 14.1. The van der Waals surface area contributed by atoms with Gasteiger partial charge in [-0.25, -0.2) is 14.4 Å². The Bertz CT molecular complexity index is 1220. The molecule has 0 saturated carbocycles. The van der Waals surface area contributed by atoms with Crippen molar-refractivity contribution in [3.05, 3.63) is 90.3 Å². The third-order valence-electron chi connectivity index (χ3n) is 4.69. The van der Waals surface area contributed by atoms with E-state index >= 15 is 0 Å². The molecule has 0 amide bonds. The summed E-state index contributed by atoms with van der Waals surface area (Å²) in [6, 6.07) is 14.7. The Balaban J connectivity index is 1.68. The lowest BCUT2D eigenvalue weighted by atomic mass is 9.98. The summed E-state index contributed by atoms with van der Waals surface area (Å²) in [7, 11) is 0. The fourth-order valence-corrected chi connectivity index (χ4v) is 3.18. The number of carbonyl (C=O) groups is 1. The average molecular weight is 399 g/mol. The van der Waals surface area contributed by atoms with Crippen molar-refractivity contribution in [1.29, 1.82) is 0 Å². The molecule has 0 aliphatic heterocycles. The summed E-state index contributed by atoms with van der Waals surface area (Å²) in [4.78, 5) is 25.6. The fourth-order valence-electron chi connectivity index (χ4n) is 3.18. The summed E-state index contributed by atoms with van der Waals surface area (Å²) >= 11 is 0. The first-order chi connectivity index (χ1) is 14.5. The van der Waals surface area contributed by atoms with E-state index in [1.165, 1.54) is 6.07 Å². The van der Waals surface area contributed by atoms with Crippen LogP contribution in [-0.2, 0) is 6.42 Å². The predicted octanol–water partition coefficient (Wildman–Crippen LogP) is 3.93. The smallest absolute Gasteiger partial charge is 0.187 e. The van der Waals surface area contributed by atoms with Crippen molar-refractivity contribution in [2.75, 3.05) is 11.5 Å². The number of nitrogen functional groups attached to an aromatic ring is 2. The third kappa shape index (κ3) is 3.86. The van der Waals surface area contributed by atoms with Crippen LogP contribution in [0.2, 0.25) is 0 Å². The van der Waals surface area contributed by atoms with Gasteiger partial charge in [0.1, 0.15) is 17.3 Å². The highest BCUT2D eigenvalue weighted by Gasteiger charge is 2.17. The van der Waals surface area contributed by atoms with Crippen molar-refractivity contribution in [3.8, 4) is 22.4 Å². The summed E-state index contributed by atoms with van der Waals surface area (Å²) < 4.78 is 14.1. The van der Waals surface area contributed by atoms with Crippen LogP contribution in [0.15, 0.2) is 73.2 Å². The summed E-state index contributed by atoms with van der Waals surface area (Å²) in [6.07, 6.45) is 4.95. The van der Waals surface area contributed by atoms with E-state index in [-0.39, 0.29) is 23.6 Å². The lowest BCUT2D eigenvalue weighted by Gasteiger charge is -2.11. The topological polar surface area (TPSA) is 108 Å². The van der Waals surface area contributed by atoms with Crippen LogP contribution >= 0.6 is 0 Å². The first-order valence-corrected chi connectivity index (χ1v) is 9.22. The minimum absolute atomic E-state index is 0.0332. The summed E-state index contributed by atoms with van der Waals surface area (Å²) in [6.45, 7) is 0. The summed E-state index contributed by atoms with van der Waals surface area (Å²) in [5.41, 5.74) is 15.0. The van der Waals surface area contributed by atoms with E-state index in [2.05, 4.69) is 15.0 Å².